The molecule has 5 rings (SSSR count). The molecule has 5 heterocycles. The lowest BCUT2D eigenvalue weighted by Gasteiger charge is -2.48. The van der Waals surface area contributed by atoms with Crippen molar-refractivity contribution in [3.8, 4) is 6.07 Å². The quantitative estimate of drug-likeness (QED) is 0.418. The summed E-state index contributed by atoms with van der Waals surface area (Å²) in [5.41, 5.74) is 2.88. The lowest BCUT2D eigenvalue weighted by Crippen LogP contribution is -2.59. The molecule has 1 saturated heterocycles. The molecule has 0 aromatic carbocycles. The molecule has 1 fully saturated rings. The second-order valence-corrected chi connectivity index (χ2v) is 9.13. The van der Waals surface area contributed by atoms with Gasteiger partial charge in [0.25, 0.3) is 0 Å². The van der Waals surface area contributed by atoms with Gasteiger partial charge in [0, 0.05) is 50.5 Å². The molecule has 0 spiro atoms. The Bertz CT molecular complexity index is 1460. The van der Waals surface area contributed by atoms with Crippen LogP contribution in [0.4, 0.5) is 5.82 Å². The van der Waals surface area contributed by atoms with Gasteiger partial charge >= 0.3 is 5.69 Å². The average molecular weight is 475 g/mol. The Morgan fingerprint density at radius 1 is 1.17 bits per heavy atom. The highest BCUT2D eigenvalue weighted by Gasteiger charge is 2.37. The van der Waals surface area contributed by atoms with E-state index < -0.39 is 0 Å². The minimum Gasteiger partial charge on any atom is -0.349 e. The number of piperazine rings is 1. The first-order valence-corrected chi connectivity index (χ1v) is 12.1. The predicted octanol–water partition coefficient (Wildman–Crippen LogP) is 2.14. The molecule has 11 nitrogen and oxygen atoms in total. The molecular formula is C24H30N10O. The monoisotopic (exact) mass is 474 g/mol. The van der Waals surface area contributed by atoms with Crippen LogP contribution in [-0.4, -0.2) is 64.0 Å². The molecule has 0 amide bonds. The van der Waals surface area contributed by atoms with Crippen molar-refractivity contribution >= 4 is 22.5 Å². The second kappa shape index (κ2) is 9.11. The number of nitrogens with zero attached hydrogens (tertiary/aromatic N) is 10. The summed E-state index contributed by atoms with van der Waals surface area (Å²) in [5, 5.41) is 18.0. The topological polar surface area (TPSA) is 113 Å². The van der Waals surface area contributed by atoms with E-state index in [9.17, 15) is 4.79 Å². The van der Waals surface area contributed by atoms with Gasteiger partial charge in [-0.15, -0.1) is 0 Å². The molecular weight excluding hydrogens is 444 g/mol. The lowest BCUT2D eigenvalue weighted by molar-refractivity contribution is 0.0988. The van der Waals surface area contributed by atoms with E-state index in [0.717, 1.165) is 37.3 Å². The van der Waals surface area contributed by atoms with Crippen LogP contribution in [0, 0.1) is 11.3 Å². The molecule has 0 saturated carbocycles. The minimum atomic E-state index is -0.319. The highest BCUT2D eigenvalue weighted by atomic mass is 16.1. The lowest BCUT2D eigenvalue weighted by atomic mass is 9.99. The first-order valence-electron chi connectivity index (χ1n) is 12.1. The largest absolute Gasteiger partial charge is 0.349 e. The predicted molar refractivity (Wildman–Crippen MR) is 132 cm³/mol. The van der Waals surface area contributed by atoms with Crippen LogP contribution >= 0.6 is 0 Å². The van der Waals surface area contributed by atoms with Crippen LogP contribution in [-0.2, 0) is 13.6 Å². The number of hydrogen-bond acceptors (Lipinski definition) is 8. The van der Waals surface area contributed by atoms with Gasteiger partial charge in [-0.3, -0.25) is 14.1 Å². The summed E-state index contributed by atoms with van der Waals surface area (Å²) >= 11 is 0. The smallest absolute Gasteiger partial charge is 0.349 e. The van der Waals surface area contributed by atoms with Crippen molar-refractivity contribution < 1.29 is 0 Å². The fourth-order valence-electron chi connectivity index (χ4n) is 5.14. The molecule has 1 aliphatic rings. The highest BCUT2D eigenvalue weighted by Crippen LogP contribution is 2.33. The minimum absolute atomic E-state index is 0.122. The van der Waals surface area contributed by atoms with E-state index in [4.69, 9.17) is 10.2 Å². The van der Waals surface area contributed by atoms with Crippen LogP contribution in [0.3, 0.4) is 0 Å². The maximum atomic E-state index is 12.7. The fraction of sp³-hybridized carbons (Fsp3) is 0.500. The van der Waals surface area contributed by atoms with Crippen LogP contribution in [0.2, 0.25) is 0 Å². The van der Waals surface area contributed by atoms with E-state index in [0.29, 0.717) is 16.9 Å². The van der Waals surface area contributed by atoms with Gasteiger partial charge in [-0.2, -0.15) is 20.4 Å². The molecule has 0 N–H and O–H groups in total. The van der Waals surface area contributed by atoms with E-state index in [1.54, 1.807) is 28.6 Å². The van der Waals surface area contributed by atoms with Gasteiger partial charge in [0.2, 0.25) is 0 Å². The number of fused-ring (bicyclic) bond motifs is 2. The third-order valence-corrected chi connectivity index (χ3v) is 7.20. The Kier molecular flexibility index (Phi) is 5.98. The van der Waals surface area contributed by atoms with Gasteiger partial charge in [0.1, 0.15) is 6.54 Å². The zero-order valence-corrected chi connectivity index (χ0v) is 20.5. The molecule has 0 radical (unpaired) electrons. The van der Waals surface area contributed by atoms with Crippen molar-refractivity contribution in [2.75, 3.05) is 18.0 Å². The summed E-state index contributed by atoms with van der Waals surface area (Å²) in [4.78, 5) is 26.8. The van der Waals surface area contributed by atoms with Crippen LogP contribution in [0.15, 0.2) is 35.5 Å². The first-order chi connectivity index (χ1) is 16.9. The Hall–Kier alpha value is -3.78. The van der Waals surface area contributed by atoms with Gasteiger partial charge in [-0.1, -0.05) is 13.8 Å². The van der Waals surface area contributed by atoms with Crippen molar-refractivity contribution in [1.82, 2.24) is 38.8 Å². The van der Waals surface area contributed by atoms with E-state index in [1.807, 2.05) is 18.3 Å². The van der Waals surface area contributed by atoms with Gasteiger partial charge in [0.05, 0.1) is 29.7 Å². The van der Waals surface area contributed by atoms with Crippen molar-refractivity contribution in [1.29, 1.82) is 5.26 Å². The van der Waals surface area contributed by atoms with E-state index >= 15 is 0 Å². The number of aryl methyl sites for hydroxylation is 1. The number of nitriles is 1. The van der Waals surface area contributed by atoms with Crippen molar-refractivity contribution in [2.45, 2.75) is 58.3 Å². The molecule has 0 bridgehead atoms. The van der Waals surface area contributed by atoms with Crippen molar-refractivity contribution in [2.24, 2.45) is 7.05 Å². The molecule has 3 atom stereocenters. The van der Waals surface area contributed by atoms with Gasteiger partial charge in [-0.25, -0.2) is 14.3 Å². The zero-order chi connectivity index (χ0) is 24.7. The Labute approximate surface area is 203 Å². The molecule has 0 unspecified atom stereocenters. The van der Waals surface area contributed by atoms with Crippen molar-refractivity contribution in [3.05, 3.63) is 46.9 Å². The van der Waals surface area contributed by atoms with Crippen LogP contribution in [0.25, 0.3) is 16.7 Å². The normalized spacial score (nSPS) is 19.9. The maximum absolute atomic E-state index is 12.7. The molecule has 1 aliphatic heterocycles. The zero-order valence-electron chi connectivity index (χ0n) is 20.5. The standard InChI is InChI=1S/C24H30N10O/c1-5-17-14-33(23-22-20(30(4)24(35)28-23)15-31(29-22)12-9-25)18(6-2)13-32(17)16(3)19-8-11-34-21(27-19)7-10-26-34/h7-8,10-11,15-18H,5-6,12-14H2,1-4H3/t16-,17-,18+/m1/s1. The summed E-state index contributed by atoms with van der Waals surface area (Å²) in [6.07, 6.45) is 7.31. The highest BCUT2D eigenvalue weighted by molar-refractivity contribution is 5.85. The Balaban J connectivity index is 1.51. The molecule has 11 heteroatoms. The summed E-state index contributed by atoms with van der Waals surface area (Å²) in [5.74, 6) is 0.608. The summed E-state index contributed by atoms with van der Waals surface area (Å²) in [6.45, 7) is 8.23. The van der Waals surface area contributed by atoms with Crippen LogP contribution < -0.4 is 10.6 Å². The second-order valence-electron chi connectivity index (χ2n) is 9.13. The van der Waals surface area contributed by atoms with Gasteiger partial charge in [0.15, 0.2) is 17.0 Å². The molecule has 182 valence electrons. The maximum Gasteiger partial charge on any atom is 0.349 e. The summed E-state index contributed by atoms with van der Waals surface area (Å²) in [6, 6.07) is 6.60. The number of aromatic nitrogens is 7. The van der Waals surface area contributed by atoms with E-state index in [1.165, 1.54) is 4.57 Å². The third kappa shape index (κ3) is 3.93. The van der Waals surface area contributed by atoms with Gasteiger partial charge in [-0.05, 0) is 25.8 Å². The SMILES string of the molecule is CC[C@H]1CN([C@H](C)c2ccn3nccc3n2)[C@H](CC)CN1c1nc(=O)n(C)c2cn(CC#N)nc12. The molecule has 4 aromatic heterocycles. The summed E-state index contributed by atoms with van der Waals surface area (Å²) in [7, 11) is 1.69. The molecule has 4 aromatic rings. The van der Waals surface area contributed by atoms with E-state index in [-0.39, 0.29) is 30.4 Å². The Morgan fingerprint density at radius 3 is 2.71 bits per heavy atom. The third-order valence-electron chi connectivity index (χ3n) is 7.20. The fourth-order valence-corrected chi connectivity index (χ4v) is 5.14. The number of rotatable bonds is 6. The van der Waals surface area contributed by atoms with Gasteiger partial charge < -0.3 is 4.90 Å². The van der Waals surface area contributed by atoms with Crippen LogP contribution in [0.1, 0.15) is 45.3 Å². The number of anilines is 1. The average Bonchev–Trinajstić information content (AvgIpc) is 3.52. The molecule has 0 aliphatic carbocycles. The van der Waals surface area contributed by atoms with E-state index in [2.05, 4.69) is 51.8 Å². The van der Waals surface area contributed by atoms with Crippen molar-refractivity contribution in [3.63, 3.8) is 0 Å². The first kappa shape index (κ1) is 23.0. The summed E-state index contributed by atoms with van der Waals surface area (Å²) < 4.78 is 4.84. The molecule has 35 heavy (non-hydrogen) atoms. The number of hydrogen-bond donors (Lipinski definition) is 0. The Morgan fingerprint density at radius 2 is 1.97 bits per heavy atom. The van der Waals surface area contributed by atoms with Crippen LogP contribution in [0.5, 0.6) is 0 Å².